The molecular weight excluding hydrogens is 478 g/mol. The molecule has 1 aromatic heterocycles. The molecule has 1 saturated heterocycles. The number of hydrogen-bond donors (Lipinski definition) is 0. The van der Waals surface area contributed by atoms with Crippen molar-refractivity contribution in [2.24, 2.45) is 5.41 Å². The summed E-state index contributed by atoms with van der Waals surface area (Å²) in [4.78, 5) is 32.3. The van der Waals surface area contributed by atoms with E-state index in [2.05, 4.69) is 30.1 Å². The van der Waals surface area contributed by atoms with Crippen LogP contribution in [-0.4, -0.2) is 66.3 Å². The number of carbonyl (C=O) groups is 2. The molecule has 1 atom stereocenters. The van der Waals surface area contributed by atoms with E-state index < -0.39 is 5.41 Å². The molecule has 0 unspecified atom stereocenters. The largest absolute Gasteiger partial charge is 0.486 e. The van der Waals surface area contributed by atoms with Crippen molar-refractivity contribution >= 4 is 11.8 Å². The van der Waals surface area contributed by atoms with Gasteiger partial charge in [-0.15, -0.1) is 0 Å². The van der Waals surface area contributed by atoms with E-state index in [-0.39, 0.29) is 24.5 Å². The highest BCUT2D eigenvalue weighted by Gasteiger charge is 2.37. The Balaban J connectivity index is 1.34. The lowest BCUT2D eigenvalue weighted by Crippen LogP contribution is -2.47. The first-order valence-electron chi connectivity index (χ1n) is 13.4. The summed E-state index contributed by atoms with van der Waals surface area (Å²) in [6.45, 7) is 9.94. The number of ether oxygens (including phenoxy) is 1. The fraction of sp³-hybridized carbons (Fsp3) is 0.419. The summed E-state index contributed by atoms with van der Waals surface area (Å²) in [6, 6.07) is 19.7. The van der Waals surface area contributed by atoms with Crippen LogP contribution in [0.1, 0.15) is 59.8 Å². The first-order valence-corrected chi connectivity index (χ1v) is 13.4. The Kier molecular flexibility index (Phi) is 7.30. The standard InChI is InChI=1S/C31H37N3O4/c1-31(2,3)30(36)34-15-14-22-10-11-24(20-26(22)28(34)23-8-6-5-7-9-23)37-21-25-12-13-27(38-25)29(35)33-18-16-32(4)17-19-33/h5-13,20,28H,14-19,21H2,1-4H3/t28-/m0/s1. The summed E-state index contributed by atoms with van der Waals surface area (Å²) in [6.07, 6.45) is 0.802. The maximum atomic E-state index is 13.4. The average molecular weight is 516 g/mol. The summed E-state index contributed by atoms with van der Waals surface area (Å²) in [5.41, 5.74) is 2.92. The van der Waals surface area contributed by atoms with Crippen LogP contribution in [0.25, 0.3) is 0 Å². The van der Waals surface area contributed by atoms with Crippen molar-refractivity contribution in [2.75, 3.05) is 39.8 Å². The van der Waals surface area contributed by atoms with Gasteiger partial charge in [-0.2, -0.15) is 0 Å². The van der Waals surface area contributed by atoms with Gasteiger partial charge in [0.2, 0.25) is 5.91 Å². The van der Waals surface area contributed by atoms with Crippen LogP contribution in [0.5, 0.6) is 5.75 Å². The Morgan fingerprint density at radius 3 is 2.39 bits per heavy atom. The van der Waals surface area contributed by atoms with Gasteiger partial charge in [0.25, 0.3) is 5.91 Å². The molecule has 0 N–H and O–H groups in total. The van der Waals surface area contributed by atoms with Gasteiger partial charge in [-0.1, -0.05) is 57.2 Å². The molecule has 2 aliphatic heterocycles. The number of piperazine rings is 1. The Bertz CT molecular complexity index is 1290. The Hall–Kier alpha value is -3.58. The van der Waals surface area contributed by atoms with Crippen LogP contribution in [0.4, 0.5) is 0 Å². The molecule has 3 heterocycles. The van der Waals surface area contributed by atoms with Crippen LogP contribution in [0.3, 0.4) is 0 Å². The lowest BCUT2D eigenvalue weighted by atomic mass is 9.85. The number of benzene rings is 2. The van der Waals surface area contributed by atoms with Crippen LogP contribution in [0.2, 0.25) is 0 Å². The van der Waals surface area contributed by atoms with E-state index in [1.54, 1.807) is 12.1 Å². The van der Waals surface area contributed by atoms with Crippen molar-refractivity contribution in [2.45, 2.75) is 39.8 Å². The van der Waals surface area contributed by atoms with Crippen LogP contribution in [0.15, 0.2) is 65.1 Å². The van der Waals surface area contributed by atoms with E-state index in [9.17, 15) is 9.59 Å². The monoisotopic (exact) mass is 515 g/mol. The van der Waals surface area contributed by atoms with E-state index in [0.717, 1.165) is 30.6 Å². The number of fused-ring (bicyclic) bond motifs is 1. The molecule has 5 rings (SSSR count). The molecule has 0 saturated carbocycles. The number of rotatable bonds is 5. The molecule has 0 aliphatic carbocycles. The molecule has 7 heteroatoms. The molecular formula is C31H37N3O4. The first-order chi connectivity index (χ1) is 18.2. The second-order valence-corrected chi connectivity index (χ2v) is 11.3. The summed E-state index contributed by atoms with van der Waals surface area (Å²) >= 11 is 0. The zero-order valence-corrected chi connectivity index (χ0v) is 22.8. The van der Waals surface area contributed by atoms with E-state index in [1.165, 1.54) is 5.56 Å². The van der Waals surface area contributed by atoms with Crippen LogP contribution >= 0.6 is 0 Å². The molecule has 1 fully saturated rings. The molecule has 7 nitrogen and oxygen atoms in total. The van der Waals surface area contributed by atoms with Gasteiger partial charge in [-0.3, -0.25) is 9.59 Å². The predicted molar refractivity (Wildman–Crippen MR) is 146 cm³/mol. The highest BCUT2D eigenvalue weighted by Crippen LogP contribution is 2.39. The average Bonchev–Trinajstić information content (AvgIpc) is 3.40. The maximum Gasteiger partial charge on any atom is 0.289 e. The molecule has 200 valence electrons. The highest BCUT2D eigenvalue weighted by molar-refractivity contribution is 5.91. The number of hydrogen-bond acceptors (Lipinski definition) is 5. The summed E-state index contributed by atoms with van der Waals surface area (Å²) < 4.78 is 12.0. The quantitative estimate of drug-likeness (QED) is 0.490. The molecule has 2 aromatic carbocycles. The second kappa shape index (κ2) is 10.7. The van der Waals surface area contributed by atoms with Gasteiger partial charge in [0.15, 0.2) is 5.76 Å². The number of carbonyl (C=O) groups excluding carboxylic acids is 2. The van der Waals surface area contributed by atoms with Gasteiger partial charge in [0, 0.05) is 38.1 Å². The van der Waals surface area contributed by atoms with Crippen molar-refractivity contribution in [1.29, 1.82) is 0 Å². The van der Waals surface area contributed by atoms with Crippen molar-refractivity contribution < 1.29 is 18.7 Å². The minimum absolute atomic E-state index is 0.0764. The summed E-state index contributed by atoms with van der Waals surface area (Å²) in [5, 5.41) is 0. The van der Waals surface area contributed by atoms with Crippen molar-refractivity contribution in [1.82, 2.24) is 14.7 Å². The van der Waals surface area contributed by atoms with Crippen molar-refractivity contribution in [3.05, 3.63) is 88.9 Å². The Labute approximate surface area is 225 Å². The third kappa shape index (κ3) is 5.48. The van der Waals surface area contributed by atoms with Gasteiger partial charge in [-0.05, 0) is 54.4 Å². The minimum atomic E-state index is -0.475. The second-order valence-electron chi connectivity index (χ2n) is 11.3. The minimum Gasteiger partial charge on any atom is -0.486 e. The van der Waals surface area contributed by atoms with Crippen LogP contribution in [-0.2, 0) is 17.8 Å². The van der Waals surface area contributed by atoms with Gasteiger partial charge in [0.1, 0.15) is 18.1 Å². The van der Waals surface area contributed by atoms with Gasteiger partial charge >= 0.3 is 0 Å². The lowest BCUT2D eigenvalue weighted by Gasteiger charge is -2.41. The third-order valence-electron chi connectivity index (χ3n) is 7.41. The number of likely N-dealkylation sites (N-methyl/N-ethyl adjacent to an activating group) is 1. The van der Waals surface area contributed by atoms with Crippen LogP contribution in [0, 0.1) is 5.41 Å². The highest BCUT2D eigenvalue weighted by atomic mass is 16.5. The molecule has 38 heavy (non-hydrogen) atoms. The SMILES string of the molecule is CN1CCN(C(=O)c2ccc(COc3ccc4c(c3)[C@H](c3ccccc3)N(C(=O)C(C)(C)C)CC4)o2)CC1. The molecule has 2 aliphatic rings. The van der Waals surface area contributed by atoms with E-state index in [1.807, 2.05) is 60.9 Å². The topological polar surface area (TPSA) is 66.2 Å². The normalized spacial score (nSPS) is 18.3. The zero-order chi connectivity index (χ0) is 26.9. The third-order valence-corrected chi connectivity index (χ3v) is 7.41. The Morgan fingerprint density at radius 2 is 1.68 bits per heavy atom. The fourth-order valence-electron chi connectivity index (χ4n) is 5.22. The van der Waals surface area contributed by atoms with Crippen molar-refractivity contribution in [3.63, 3.8) is 0 Å². The molecule has 0 radical (unpaired) electrons. The number of nitrogens with zero attached hydrogens (tertiary/aromatic N) is 3. The number of amides is 2. The number of furan rings is 1. The predicted octanol–water partition coefficient (Wildman–Crippen LogP) is 4.77. The van der Waals surface area contributed by atoms with E-state index in [0.29, 0.717) is 36.9 Å². The van der Waals surface area contributed by atoms with Gasteiger partial charge in [-0.25, -0.2) is 0 Å². The first kappa shape index (κ1) is 26.0. The molecule has 0 bridgehead atoms. The van der Waals surface area contributed by atoms with Crippen molar-refractivity contribution in [3.8, 4) is 5.75 Å². The van der Waals surface area contributed by atoms with E-state index >= 15 is 0 Å². The van der Waals surface area contributed by atoms with Crippen LogP contribution < -0.4 is 4.74 Å². The lowest BCUT2D eigenvalue weighted by molar-refractivity contribution is -0.141. The molecule has 0 spiro atoms. The molecule has 3 aromatic rings. The summed E-state index contributed by atoms with van der Waals surface area (Å²) in [7, 11) is 2.06. The van der Waals surface area contributed by atoms with Gasteiger partial charge in [0.05, 0.1) is 6.04 Å². The maximum absolute atomic E-state index is 13.4. The smallest absolute Gasteiger partial charge is 0.289 e. The van der Waals surface area contributed by atoms with Gasteiger partial charge < -0.3 is 23.9 Å². The zero-order valence-electron chi connectivity index (χ0n) is 22.8. The fourth-order valence-corrected chi connectivity index (χ4v) is 5.22. The Morgan fingerprint density at radius 1 is 0.947 bits per heavy atom. The molecule has 2 amide bonds. The van der Waals surface area contributed by atoms with E-state index in [4.69, 9.17) is 9.15 Å². The summed E-state index contributed by atoms with van der Waals surface area (Å²) in [5.74, 6) is 1.71.